The van der Waals surface area contributed by atoms with Gasteiger partial charge in [-0.3, -0.25) is 4.79 Å². The highest BCUT2D eigenvalue weighted by Crippen LogP contribution is 2.38. The Morgan fingerprint density at radius 1 is 1.13 bits per heavy atom. The van der Waals surface area contributed by atoms with E-state index in [1.165, 1.54) is 6.07 Å². The molecule has 0 spiro atoms. The molecule has 1 N–H and O–H groups in total. The fourth-order valence-electron chi connectivity index (χ4n) is 4.60. The highest BCUT2D eigenvalue weighted by molar-refractivity contribution is 5.80. The number of aryl methyl sites for hydroxylation is 1. The standard InChI is InChI=1S/C23H24F3N3O2/c1-15-5-2-3-8-18(15)21-19-9-10-20(30)28(19)11-12-29(21)22(31)27-14-16-6-4-7-17(13-16)23(24,25)26/h2-8,13,19,21H,9-12,14H2,1H3,(H,27,31). The fourth-order valence-corrected chi connectivity index (χ4v) is 4.60. The number of fused-ring (bicyclic) bond motifs is 1. The molecule has 8 heteroatoms. The molecule has 0 aromatic heterocycles. The molecule has 4 rings (SSSR count). The molecule has 5 nitrogen and oxygen atoms in total. The van der Waals surface area contributed by atoms with Crippen LogP contribution in [0, 0.1) is 6.92 Å². The summed E-state index contributed by atoms with van der Waals surface area (Å²) in [5.74, 6) is 0.104. The summed E-state index contributed by atoms with van der Waals surface area (Å²) in [5, 5.41) is 2.77. The molecule has 3 amide bonds. The number of amides is 3. The van der Waals surface area contributed by atoms with E-state index in [4.69, 9.17) is 0 Å². The molecule has 0 saturated carbocycles. The van der Waals surface area contributed by atoms with E-state index in [1.807, 2.05) is 36.1 Å². The highest BCUT2D eigenvalue weighted by atomic mass is 19.4. The lowest BCUT2D eigenvalue weighted by Gasteiger charge is -2.45. The maximum atomic E-state index is 13.1. The van der Waals surface area contributed by atoms with Crippen LogP contribution in [0.4, 0.5) is 18.0 Å². The maximum Gasteiger partial charge on any atom is 0.416 e. The van der Waals surface area contributed by atoms with Crippen LogP contribution >= 0.6 is 0 Å². The van der Waals surface area contributed by atoms with Gasteiger partial charge in [-0.15, -0.1) is 0 Å². The first-order valence-corrected chi connectivity index (χ1v) is 10.3. The minimum atomic E-state index is -4.43. The van der Waals surface area contributed by atoms with Crippen molar-refractivity contribution in [2.24, 2.45) is 0 Å². The monoisotopic (exact) mass is 431 g/mol. The molecule has 31 heavy (non-hydrogen) atoms. The molecule has 2 unspecified atom stereocenters. The molecule has 0 aliphatic carbocycles. The minimum absolute atomic E-state index is 0.00689. The average molecular weight is 431 g/mol. The van der Waals surface area contributed by atoms with Crippen molar-refractivity contribution in [2.75, 3.05) is 13.1 Å². The van der Waals surface area contributed by atoms with Gasteiger partial charge in [0.2, 0.25) is 5.91 Å². The molecule has 2 heterocycles. The lowest BCUT2D eigenvalue weighted by molar-refractivity contribution is -0.137. The van der Waals surface area contributed by atoms with Crippen molar-refractivity contribution in [3.63, 3.8) is 0 Å². The number of piperazine rings is 1. The van der Waals surface area contributed by atoms with Gasteiger partial charge in [-0.25, -0.2) is 4.79 Å². The van der Waals surface area contributed by atoms with E-state index in [0.717, 1.165) is 23.3 Å². The van der Waals surface area contributed by atoms with Crippen LogP contribution in [0.25, 0.3) is 0 Å². The molecule has 0 bridgehead atoms. The second-order valence-corrected chi connectivity index (χ2v) is 8.04. The number of carbonyl (C=O) groups excluding carboxylic acids is 2. The Balaban J connectivity index is 1.55. The molecule has 164 valence electrons. The summed E-state index contributed by atoms with van der Waals surface area (Å²) in [4.78, 5) is 29.0. The summed E-state index contributed by atoms with van der Waals surface area (Å²) in [6.45, 7) is 2.80. The number of rotatable bonds is 3. The van der Waals surface area contributed by atoms with Crippen LogP contribution < -0.4 is 5.32 Å². The summed E-state index contributed by atoms with van der Waals surface area (Å²) in [5.41, 5.74) is 1.66. The van der Waals surface area contributed by atoms with Crippen LogP contribution in [-0.4, -0.2) is 40.9 Å². The summed E-state index contributed by atoms with van der Waals surface area (Å²) < 4.78 is 38.9. The summed E-state index contributed by atoms with van der Waals surface area (Å²) in [6, 6.07) is 12.0. The van der Waals surface area contributed by atoms with Crippen molar-refractivity contribution >= 4 is 11.9 Å². The maximum absolute atomic E-state index is 13.1. The zero-order valence-corrected chi connectivity index (χ0v) is 17.2. The smallest absolute Gasteiger partial charge is 0.335 e. The van der Waals surface area contributed by atoms with Gasteiger partial charge in [0, 0.05) is 26.1 Å². The van der Waals surface area contributed by atoms with Gasteiger partial charge in [-0.05, 0) is 42.2 Å². The number of nitrogens with zero attached hydrogens (tertiary/aromatic N) is 2. The van der Waals surface area contributed by atoms with E-state index in [2.05, 4.69) is 5.32 Å². The molecule has 0 radical (unpaired) electrons. The molecular weight excluding hydrogens is 407 g/mol. The van der Waals surface area contributed by atoms with Gasteiger partial charge >= 0.3 is 12.2 Å². The summed E-state index contributed by atoms with van der Waals surface area (Å²) in [6.07, 6.45) is -3.29. The number of alkyl halides is 3. The van der Waals surface area contributed by atoms with Crippen molar-refractivity contribution in [3.8, 4) is 0 Å². The van der Waals surface area contributed by atoms with E-state index in [0.29, 0.717) is 31.5 Å². The normalized spacial score (nSPS) is 21.2. The average Bonchev–Trinajstić information content (AvgIpc) is 3.12. The third-order valence-electron chi connectivity index (χ3n) is 6.12. The Morgan fingerprint density at radius 3 is 2.65 bits per heavy atom. The molecule has 2 saturated heterocycles. The van der Waals surface area contributed by atoms with Gasteiger partial charge in [0.1, 0.15) is 0 Å². The second kappa shape index (κ2) is 8.24. The molecular formula is C23H24F3N3O2. The van der Waals surface area contributed by atoms with Crippen LogP contribution in [-0.2, 0) is 17.5 Å². The van der Waals surface area contributed by atoms with Crippen molar-refractivity contribution in [3.05, 3.63) is 70.8 Å². The van der Waals surface area contributed by atoms with Crippen LogP contribution in [0.3, 0.4) is 0 Å². The Bertz CT molecular complexity index is 992. The topological polar surface area (TPSA) is 52.7 Å². The Labute approximate surface area is 178 Å². The number of hydrogen-bond acceptors (Lipinski definition) is 2. The van der Waals surface area contributed by atoms with E-state index >= 15 is 0 Å². The third-order valence-corrected chi connectivity index (χ3v) is 6.12. The number of nitrogens with one attached hydrogen (secondary N) is 1. The van der Waals surface area contributed by atoms with Crippen molar-refractivity contribution < 1.29 is 22.8 Å². The van der Waals surface area contributed by atoms with E-state index < -0.39 is 11.7 Å². The molecule has 2 aliphatic rings. The molecule has 2 aromatic rings. The van der Waals surface area contributed by atoms with Crippen LogP contribution in [0.2, 0.25) is 0 Å². The van der Waals surface area contributed by atoms with Gasteiger partial charge in [0.05, 0.1) is 17.6 Å². The van der Waals surface area contributed by atoms with Gasteiger partial charge in [-0.1, -0.05) is 36.4 Å². The summed E-state index contributed by atoms with van der Waals surface area (Å²) >= 11 is 0. The highest BCUT2D eigenvalue weighted by Gasteiger charge is 2.45. The second-order valence-electron chi connectivity index (χ2n) is 8.04. The third kappa shape index (κ3) is 4.24. The van der Waals surface area contributed by atoms with Crippen LogP contribution in [0.15, 0.2) is 48.5 Å². The van der Waals surface area contributed by atoms with Crippen LogP contribution in [0.5, 0.6) is 0 Å². The van der Waals surface area contributed by atoms with Gasteiger partial charge in [0.15, 0.2) is 0 Å². The molecule has 2 aliphatic heterocycles. The quantitative estimate of drug-likeness (QED) is 0.789. The number of carbonyl (C=O) groups is 2. The first kappa shape index (κ1) is 21.2. The summed E-state index contributed by atoms with van der Waals surface area (Å²) in [7, 11) is 0. The number of urea groups is 1. The van der Waals surface area contributed by atoms with Crippen molar-refractivity contribution in [1.29, 1.82) is 0 Å². The first-order chi connectivity index (χ1) is 14.8. The first-order valence-electron chi connectivity index (χ1n) is 10.3. The minimum Gasteiger partial charge on any atom is -0.335 e. The Hall–Kier alpha value is -3.03. The SMILES string of the molecule is Cc1ccccc1C1C2CCC(=O)N2CCN1C(=O)NCc1cccc(C(F)(F)F)c1. The fraction of sp³-hybridized carbons (Fsp3) is 0.391. The predicted molar refractivity (Wildman–Crippen MR) is 109 cm³/mol. The van der Waals surface area contributed by atoms with Crippen molar-refractivity contribution in [2.45, 2.75) is 44.6 Å². The van der Waals surface area contributed by atoms with Gasteiger partial charge in [-0.2, -0.15) is 13.2 Å². The molecule has 2 fully saturated rings. The van der Waals surface area contributed by atoms with Crippen LogP contribution in [0.1, 0.15) is 41.1 Å². The van der Waals surface area contributed by atoms with E-state index in [9.17, 15) is 22.8 Å². The van der Waals surface area contributed by atoms with Gasteiger partial charge in [0.25, 0.3) is 0 Å². The van der Waals surface area contributed by atoms with Gasteiger partial charge < -0.3 is 15.1 Å². The largest absolute Gasteiger partial charge is 0.416 e. The molecule has 2 atom stereocenters. The number of halogens is 3. The lowest BCUT2D eigenvalue weighted by atomic mass is 9.91. The zero-order valence-electron chi connectivity index (χ0n) is 17.2. The Morgan fingerprint density at radius 2 is 1.90 bits per heavy atom. The zero-order chi connectivity index (χ0) is 22.2. The molecule has 2 aromatic carbocycles. The van der Waals surface area contributed by atoms with Crippen molar-refractivity contribution in [1.82, 2.24) is 15.1 Å². The number of benzene rings is 2. The van der Waals surface area contributed by atoms with E-state index in [1.54, 1.807) is 11.0 Å². The number of hydrogen-bond donors (Lipinski definition) is 1. The lowest BCUT2D eigenvalue weighted by Crippen LogP contribution is -2.57. The Kier molecular flexibility index (Phi) is 5.64. The predicted octanol–water partition coefficient (Wildman–Crippen LogP) is 4.27. The van der Waals surface area contributed by atoms with E-state index in [-0.39, 0.29) is 30.6 Å².